The second-order valence-corrected chi connectivity index (χ2v) is 5.11. The van der Waals surface area contributed by atoms with Crippen molar-refractivity contribution in [3.05, 3.63) is 41.4 Å². The van der Waals surface area contributed by atoms with Gasteiger partial charge in [0.05, 0.1) is 0 Å². The molecule has 0 atom stereocenters. The summed E-state index contributed by atoms with van der Waals surface area (Å²) in [4.78, 5) is 23.0. The summed E-state index contributed by atoms with van der Waals surface area (Å²) in [5.74, 6) is -1.47. The lowest BCUT2D eigenvalue weighted by Gasteiger charge is -2.14. The average Bonchev–Trinajstić information content (AvgIpc) is 2.42. The van der Waals surface area contributed by atoms with E-state index >= 15 is 0 Å². The predicted octanol–water partition coefficient (Wildman–Crippen LogP) is 3.61. The van der Waals surface area contributed by atoms with E-state index in [0.29, 0.717) is 15.8 Å². The number of benzene rings is 2. The molecule has 0 bridgehead atoms. The minimum absolute atomic E-state index is 0.0210. The quantitative estimate of drug-likeness (QED) is 0.531. The van der Waals surface area contributed by atoms with E-state index in [2.05, 4.69) is 6.58 Å². The van der Waals surface area contributed by atoms with Crippen molar-refractivity contribution in [2.24, 2.45) is 0 Å². The molecule has 22 heavy (non-hydrogen) atoms. The van der Waals surface area contributed by atoms with Gasteiger partial charge in [-0.3, -0.25) is 4.79 Å². The number of carbonyl (C=O) groups is 2. The molecule has 2 aromatic rings. The van der Waals surface area contributed by atoms with Crippen LogP contribution >= 0.6 is 11.6 Å². The van der Waals surface area contributed by atoms with Gasteiger partial charge in [0.15, 0.2) is 11.5 Å². The van der Waals surface area contributed by atoms with Gasteiger partial charge >= 0.3 is 11.9 Å². The van der Waals surface area contributed by atoms with E-state index < -0.39 is 11.9 Å². The molecule has 114 valence electrons. The van der Waals surface area contributed by atoms with Gasteiger partial charge in [-0.05, 0) is 25.1 Å². The molecular formula is C16H13ClO5. The molecule has 0 heterocycles. The second-order valence-electron chi connectivity index (χ2n) is 4.68. The SMILES string of the molecule is C=C(C)C(=O)Oc1c(OC(C)=O)cc(O)c2cc(Cl)ccc12. The summed E-state index contributed by atoms with van der Waals surface area (Å²) in [7, 11) is 0. The maximum absolute atomic E-state index is 11.8. The van der Waals surface area contributed by atoms with Gasteiger partial charge in [0.1, 0.15) is 5.75 Å². The highest BCUT2D eigenvalue weighted by atomic mass is 35.5. The predicted molar refractivity (Wildman–Crippen MR) is 82.4 cm³/mol. The monoisotopic (exact) mass is 320 g/mol. The molecule has 0 saturated carbocycles. The zero-order valence-corrected chi connectivity index (χ0v) is 12.7. The van der Waals surface area contributed by atoms with E-state index in [4.69, 9.17) is 21.1 Å². The van der Waals surface area contributed by atoms with Crippen LogP contribution in [0.1, 0.15) is 13.8 Å². The molecule has 0 aromatic heterocycles. The fourth-order valence-corrected chi connectivity index (χ4v) is 2.01. The molecule has 2 aromatic carbocycles. The van der Waals surface area contributed by atoms with Crippen molar-refractivity contribution in [2.45, 2.75) is 13.8 Å². The van der Waals surface area contributed by atoms with E-state index in [-0.39, 0.29) is 22.8 Å². The summed E-state index contributed by atoms with van der Waals surface area (Å²) in [6.45, 7) is 6.20. The number of phenolic OH excluding ortho intramolecular Hbond substituents is 1. The number of fused-ring (bicyclic) bond motifs is 1. The first kappa shape index (κ1) is 15.9. The number of phenols is 1. The Morgan fingerprint density at radius 2 is 1.82 bits per heavy atom. The van der Waals surface area contributed by atoms with Crippen LogP contribution in [0.15, 0.2) is 36.4 Å². The van der Waals surface area contributed by atoms with E-state index in [1.807, 2.05) is 0 Å². The maximum atomic E-state index is 11.8. The first-order chi connectivity index (χ1) is 10.3. The average molecular weight is 321 g/mol. The van der Waals surface area contributed by atoms with Crippen molar-refractivity contribution in [2.75, 3.05) is 0 Å². The molecule has 0 radical (unpaired) electrons. The van der Waals surface area contributed by atoms with Gasteiger partial charge in [0, 0.05) is 34.4 Å². The third kappa shape index (κ3) is 3.20. The molecule has 1 N–H and O–H groups in total. The highest BCUT2D eigenvalue weighted by Crippen LogP contribution is 2.42. The minimum Gasteiger partial charge on any atom is -0.507 e. The maximum Gasteiger partial charge on any atom is 0.338 e. The number of hydrogen-bond donors (Lipinski definition) is 1. The molecule has 5 nitrogen and oxygen atoms in total. The largest absolute Gasteiger partial charge is 0.507 e. The van der Waals surface area contributed by atoms with E-state index in [1.165, 1.54) is 26.0 Å². The van der Waals surface area contributed by atoms with Crippen molar-refractivity contribution < 1.29 is 24.2 Å². The Morgan fingerprint density at radius 1 is 1.14 bits per heavy atom. The lowest BCUT2D eigenvalue weighted by Crippen LogP contribution is -2.11. The summed E-state index contributed by atoms with van der Waals surface area (Å²) in [6.07, 6.45) is 0. The van der Waals surface area contributed by atoms with Gasteiger partial charge in [-0.1, -0.05) is 18.2 Å². The van der Waals surface area contributed by atoms with Crippen molar-refractivity contribution in [3.63, 3.8) is 0 Å². The van der Waals surface area contributed by atoms with Crippen LogP contribution in [0, 0.1) is 0 Å². The van der Waals surface area contributed by atoms with Crippen LogP contribution in [0.25, 0.3) is 10.8 Å². The van der Waals surface area contributed by atoms with Crippen LogP contribution in [-0.4, -0.2) is 17.0 Å². The molecule has 0 amide bonds. The topological polar surface area (TPSA) is 72.8 Å². The van der Waals surface area contributed by atoms with Crippen LogP contribution in [0.4, 0.5) is 0 Å². The number of ether oxygens (including phenoxy) is 2. The molecule has 0 aliphatic rings. The zero-order valence-electron chi connectivity index (χ0n) is 12.0. The Kier molecular flexibility index (Phi) is 4.37. The van der Waals surface area contributed by atoms with Crippen molar-refractivity contribution in [1.82, 2.24) is 0 Å². The third-order valence-electron chi connectivity index (χ3n) is 2.79. The molecular weight excluding hydrogens is 308 g/mol. The Labute approximate surface area is 131 Å². The van der Waals surface area contributed by atoms with Gasteiger partial charge in [0.25, 0.3) is 0 Å². The first-order valence-electron chi connectivity index (χ1n) is 6.31. The molecule has 6 heteroatoms. The van der Waals surface area contributed by atoms with Gasteiger partial charge in [-0.25, -0.2) is 4.79 Å². The molecule has 0 fully saturated rings. The van der Waals surface area contributed by atoms with Crippen LogP contribution in [-0.2, 0) is 9.59 Å². The van der Waals surface area contributed by atoms with E-state index in [9.17, 15) is 14.7 Å². The summed E-state index contributed by atoms with van der Waals surface area (Å²) >= 11 is 5.90. The summed E-state index contributed by atoms with van der Waals surface area (Å²) in [5, 5.41) is 11.2. The van der Waals surface area contributed by atoms with Gasteiger partial charge in [-0.15, -0.1) is 0 Å². The fraction of sp³-hybridized carbons (Fsp3) is 0.125. The van der Waals surface area contributed by atoms with Gasteiger partial charge in [0.2, 0.25) is 0 Å². The van der Waals surface area contributed by atoms with Gasteiger partial charge in [-0.2, -0.15) is 0 Å². The molecule has 0 aliphatic heterocycles. The number of halogens is 1. The van der Waals surface area contributed by atoms with Crippen LogP contribution < -0.4 is 9.47 Å². The molecule has 0 saturated heterocycles. The van der Waals surface area contributed by atoms with Gasteiger partial charge < -0.3 is 14.6 Å². The number of hydrogen-bond acceptors (Lipinski definition) is 5. The second kappa shape index (κ2) is 6.07. The number of rotatable bonds is 3. The standard InChI is InChI=1S/C16H13ClO5/c1-8(2)16(20)22-15-11-5-4-10(17)6-12(11)13(19)7-14(15)21-9(3)18/h4-7,19H,1H2,2-3H3. The zero-order chi connectivity index (χ0) is 16.4. The third-order valence-corrected chi connectivity index (χ3v) is 3.03. The fourth-order valence-electron chi connectivity index (χ4n) is 1.84. The van der Waals surface area contributed by atoms with Crippen molar-refractivity contribution in [3.8, 4) is 17.2 Å². The Hall–Kier alpha value is -2.53. The Balaban J connectivity index is 2.70. The lowest BCUT2D eigenvalue weighted by molar-refractivity contribution is -0.133. The molecule has 0 unspecified atom stereocenters. The highest BCUT2D eigenvalue weighted by Gasteiger charge is 2.19. The summed E-state index contributed by atoms with van der Waals surface area (Å²) in [5.41, 5.74) is 0.184. The van der Waals surface area contributed by atoms with Crippen molar-refractivity contribution in [1.29, 1.82) is 0 Å². The summed E-state index contributed by atoms with van der Waals surface area (Å²) < 4.78 is 10.3. The van der Waals surface area contributed by atoms with Crippen LogP contribution in [0.5, 0.6) is 17.2 Å². The number of aromatic hydroxyl groups is 1. The summed E-state index contributed by atoms with van der Waals surface area (Å²) in [6, 6.07) is 5.84. The molecule has 2 rings (SSSR count). The lowest BCUT2D eigenvalue weighted by atomic mass is 10.1. The van der Waals surface area contributed by atoms with Crippen LogP contribution in [0.2, 0.25) is 5.02 Å². The molecule has 0 aliphatic carbocycles. The Morgan fingerprint density at radius 3 is 2.41 bits per heavy atom. The van der Waals surface area contributed by atoms with E-state index in [0.717, 1.165) is 0 Å². The van der Waals surface area contributed by atoms with Crippen molar-refractivity contribution >= 4 is 34.3 Å². The Bertz CT molecular complexity index is 795. The highest BCUT2D eigenvalue weighted by molar-refractivity contribution is 6.31. The van der Waals surface area contributed by atoms with E-state index in [1.54, 1.807) is 12.1 Å². The first-order valence-corrected chi connectivity index (χ1v) is 6.68. The number of esters is 2. The normalized spacial score (nSPS) is 10.3. The molecule has 0 spiro atoms. The smallest absolute Gasteiger partial charge is 0.338 e. The van der Waals surface area contributed by atoms with Crippen LogP contribution in [0.3, 0.4) is 0 Å². The minimum atomic E-state index is -0.671. The number of carbonyl (C=O) groups excluding carboxylic acids is 2.